The van der Waals surface area contributed by atoms with Crippen LogP contribution in [0.1, 0.15) is 30.9 Å². The number of benzene rings is 2. The van der Waals surface area contributed by atoms with Crippen LogP contribution in [0.2, 0.25) is 0 Å². The molecule has 1 heterocycles. The molecule has 4 heteroatoms. The molecule has 0 aliphatic heterocycles. The second-order valence-corrected chi connectivity index (χ2v) is 6.10. The standard InChI is InChI=1S/C20H21N3O/c1-15(2)17-10-8-16(9-11-17)14-20(24)21-19-12-13-23(22-19)18-6-4-3-5-7-18/h3-13,15H,14H2,1-2H3,(H,21,22,24). The summed E-state index contributed by atoms with van der Waals surface area (Å²) in [5, 5.41) is 7.23. The van der Waals surface area contributed by atoms with Gasteiger partial charge in [-0.05, 0) is 29.2 Å². The van der Waals surface area contributed by atoms with Gasteiger partial charge < -0.3 is 5.32 Å². The molecule has 3 rings (SSSR count). The molecule has 4 nitrogen and oxygen atoms in total. The predicted octanol–water partition coefficient (Wildman–Crippen LogP) is 4.18. The second-order valence-electron chi connectivity index (χ2n) is 6.10. The van der Waals surface area contributed by atoms with E-state index in [2.05, 4.69) is 36.4 Å². The highest BCUT2D eigenvalue weighted by atomic mass is 16.1. The van der Waals surface area contributed by atoms with Gasteiger partial charge in [-0.15, -0.1) is 0 Å². The Morgan fingerprint density at radius 1 is 1.04 bits per heavy atom. The van der Waals surface area contributed by atoms with Crippen molar-refractivity contribution in [2.75, 3.05) is 5.32 Å². The minimum Gasteiger partial charge on any atom is -0.309 e. The van der Waals surface area contributed by atoms with Gasteiger partial charge >= 0.3 is 0 Å². The Kier molecular flexibility index (Phi) is 4.75. The summed E-state index contributed by atoms with van der Waals surface area (Å²) in [6, 6.07) is 19.8. The summed E-state index contributed by atoms with van der Waals surface area (Å²) in [6.07, 6.45) is 2.18. The van der Waals surface area contributed by atoms with Crippen molar-refractivity contribution in [3.8, 4) is 5.69 Å². The first-order valence-corrected chi connectivity index (χ1v) is 8.11. The van der Waals surface area contributed by atoms with Gasteiger partial charge in [-0.25, -0.2) is 4.68 Å². The molecule has 1 N–H and O–H groups in total. The summed E-state index contributed by atoms with van der Waals surface area (Å²) in [6.45, 7) is 4.32. The summed E-state index contributed by atoms with van der Waals surface area (Å²) < 4.78 is 1.74. The Hall–Kier alpha value is -2.88. The van der Waals surface area contributed by atoms with Gasteiger partial charge in [0.2, 0.25) is 5.91 Å². The lowest BCUT2D eigenvalue weighted by Gasteiger charge is -2.07. The van der Waals surface area contributed by atoms with E-state index in [0.717, 1.165) is 11.3 Å². The summed E-state index contributed by atoms with van der Waals surface area (Å²) in [4.78, 5) is 12.2. The number of anilines is 1. The molecule has 0 spiro atoms. The van der Waals surface area contributed by atoms with Crippen LogP contribution in [0.3, 0.4) is 0 Å². The number of para-hydroxylation sites is 1. The Morgan fingerprint density at radius 2 is 1.75 bits per heavy atom. The van der Waals surface area contributed by atoms with E-state index in [4.69, 9.17) is 0 Å². The maximum atomic E-state index is 12.2. The van der Waals surface area contributed by atoms with Crippen LogP contribution in [0.25, 0.3) is 5.69 Å². The van der Waals surface area contributed by atoms with E-state index in [9.17, 15) is 4.79 Å². The smallest absolute Gasteiger partial charge is 0.229 e. The lowest BCUT2D eigenvalue weighted by atomic mass is 10.0. The van der Waals surface area contributed by atoms with E-state index in [1.807, 2.05) is 48.7 Å². The molecule has 2 aromatic carbocycles. The van der Waals surface area contributed by atoms with Crippen LogP contribution >= 0.6 is 0 Å². The third kappa shape index (κ3) is 3.90. The number of nitrogens with one attached hydrogen (secondary N) is 1. The van der Waals surface area contributed by atoms with Gasteiger partial charge in [-0.2, -0.15) is 5.10 Å². The van der Waals surface area contributed by atoms with Crippen LogP contribution in [-0.4, -0.2) is 15.7 Å². The number of aromatic nitrogens is 2. The fourth-order valence-corrected chi connectivity index (χ4v) is 2.51. The van der Waals surface area contributed by atoms with E-state index in [1.54, 1.807) is 10.7 Å². The van der Waals surface area contributed by atoms with Gasteiger partial charge in [0.15, 0.2) is 5.82 Å². The number of nitrogens with zero attached hydrogens (tertiary/aromatic N) is 2. The normalized spacial score (nSPS) is 10.8. The van der Waals surface area contributed by atoms with E-state index < -0.39 is 0 Å². The van der Waals surface area contributed by atoms with Crippen molar-refractivity contribution in [3.63, 3.8) is 0 Å². The highest BCUT2D eigenvalue weighted by Gasteiger charge is 2.08. The average Bonchev–Trinajstić information content (AvgIpc) is 3.04. The molecule has 0 fully saturated rings. The number of amides is 1. The van der Waals surface area contributed by atoms with Crippen LogP contribution in [0.15, 0.2) is 66.9 Å². The molecule has 0 unspecified atom stereocenters. The van der Waals surface area contributed by atoms with Gasteiger partial charge in [0.25, 0.3) is 0 Å². The topological polar surface area (TPSA) is 46.9 Å². The van der Waals surface area contributed by atoms with Crippen molar-refractivity contribution in [2.45, 2.75) is 26.2 Å². The largest absolute Gasteiger partial charge is 0.309 e. The third-order valence-corrected chi connectivity index (χ3v) is 3.89. The summed E-state index contributed by atoms with van der Waals surface area (Å²) in [5.74, 6) is 0.989. The monoisotopic (exact) mass is 319 g/mol. The Bertz CT molecular complexity index is 804. The number of hydrogen-bond acceptors (Lipinski definition) is 2. The number of rotatable bonds is 5. The minimum absolute atomic E-state index is 0.0643. The number of carbonyl (C=O) groups excluding carboxylic acids is 1. The molecule has 1 aromatic heterocycles. The second kappa shape index (κ2) is 7.13. The van der Waals surface area contributed by atoms with Gasteiger partial charge in [0.1, 0.15) is 0 Å². The molecule has 3 aromatic rings. The van der Waals surface area contributed by atoms with Crippen molar-refractivity contribution in [1.29, 1.82) is 0 Å². The minimum atomic E-state index is -0.0643. The highest BCUT2D eigenvalue weighted by molar-refractivity contribution is 5.91. The van der Waals surface area contributed by atoms with Gasteiger partial charge in [-0.3, -0.25) is 4.79 Å². The molecule has 0 aliphatic rings. The molecule has 1 amide bonds. The zero-order valence-corrected chi connectivity index (χ0v) is 13.9. The SMILES string of the molecule is CC(C)c1ccc(CC(=O)Nc2ccn(-c3ccccc3)n2)cc1. The number of hydrogen-bond donors (Lipinski definition) is 1. The van der Waals surface area contributed by atoms with Gasteiger partial charge in [0.05, 0.1) is 12.1 Å². The molecule has 0 saturated heterocycles. The fourth-order valence-electron chi connectivity index (χ4n) is 2.51. The molecule has 122 valence electrons. The molecule has 0 aliphatic carbocycles. The van der Waals surface area contributed by atoms with Crippen LogP contribution in [0, 0.1) is 0 Å². The van der Waals surface area contributed by atoms with Crippen molar-refractivity contribution in [1.82, 2.24) is 9.78 Å². The van der Waals surface area contributed by atoms with Gasteiger partial charge in [-0.1, -0.05) is 56.3 Å². The summed E-state index contributed by atoms with van der Waals surface area (Å²) >= 11 is 0. The molecule has 24 heavy (non-hydrogen) atoms. The quantitative estimate of drug-likeness (QED) is 0.767. The first-order chi connectivity index (χ1) is 11.6. The average molecular weight is 319 g/mol. The van der Waals surface area contributed by atoms with Crippen molar-refractivity contribution < 1.29 is 4.79 Å². The van der Waals surface area contributed by atoms with Crippen molar-refractivity contribution in [2.24, 2.45) is 0 Å². The van der Waals surface area contributed by atoms with Crippen molar-refractivity contribution >= 4 is 11.7 Å². The zero-order chi connectivity index (χ0) is 16.9. The Balaban J connectivity index is 1.62. The van der Waals surface area contributed by atoms with Gasteiger partial charge in [0, 0.05) is 12.3 Å². The molecule has 0 atom stereocenters. The van der Waals surface area contributed by atoms with Crippen LogP contribution in [0.5, 0.6) is 0 Å². The maximum absolute atomic E-state index is 12.2. The third-order valence-electron chi connectivity index (χ3n) is 3.89. The van der Waals surface area contributed by atoms with E-state index in [1.165, 1.54) is 5.56 Å². The van der Waals surface area contributed by atoms with E-state index in [0.29, 0.717) is 18.2 Å². The Labute approximate surface area is 142 Å². The highest BCUT2D eigenvalue weighted by Crippen LogP contribution is 2.15. The summed E-state index contributed by atoms with van der Waals surface area (Å²) in [5.41, 5.74) is 3.24. The zero-order valence-electron chi connectivity index (χ0n) is 13.9. The fraction of sp³-hybridized carbons (Fsp3) is 0.200. The van der Waals surface area contributed by atoms with Crippen LogP contribution < -0.4 is 5.32 Å². The maximum Gasteiger partial charge on any atom is 0.229 e. The number of carbonyl (C=O) groups is 1. The van der Waals surface area contributed by atoms with E-state index >= 15 is 0 Å². The Morgan fingerprint density at radius 3 is 2.42 bits per heavy atom. The molecular weight excluding hydrogens is 298 g/mol. The summed E-state index contributed by atoms with van der Waals surface area (Å²) in [7, 11) is 0. The predicted molar refractivity (Wildman–Crippen MR) is 96.4 cm³/mol. The first-order valence-electron chi connectivity index (χ1n) is 8.11. The molecule has 0 radical (unpaired) electrons. The van der Waals surface area contributed by atoms with E-state index in [-0.39, 0.29) is 5.91 Å². The van der Waals surface area contributed by atoms with Crippen molar-refractivity contribution in [3.05, 3.63) is 78.0 Å². The molecule has 0 bridgehead atoms. The van der Waals surface area contributed by atoms with Crippen LogP contribution in [0.4, 0.5) is 5.82 Å². The lowest BCUT2D eigenvalue weighted by molar-refractivity contribution is -0.115. The molecular formula is C20H21N3O. The van der Waals surface area contributed by atoms with Crippen LogP contribution in [-0.2, 0) is 11.2 Å². The first kappa shape index (κ1) is 16.0. The molecule has 0 saturated carbocycles. The lowest BCUT2D eigenvalue weighted by Crippen LogP contribution is -2.15.